The van der Waals surface area contributed by atoms with Crippen LogP contribution in [-0.2, 0) is 5.41 Å². The molecule has 2 heterocycles. The quantitative estimate of drug-likeness (QED) is 0.178. The minimum absolute atomic E-state index is 0.519. The second-order valence-electron chi connectivity index (χ2n) is 15.9. The molecule has 1 spiro atoms. The lowest BCUT2D eigenvalue weighted by Gasteiger charge is -2.39. The summed E-state index contributed by atoms with van der Waals surface area (Å²) in [5.74, 6) is 1.80. The Hall–Kier alpha value is -7.88. The van der Waals surface area contributed by atoms with Crippen LogP contribution in [-0.4, -0.2) is 0 Å². The SMILES string of the molecule is c1ccc2c(c1)Oc1ccccc1C21c2ccccc2-c2ccc(-c3ccc(N(c4cccc5ccccc45)c4cccc5ccc6c7ccccc7oc6c45)cc3)cc21. The first-order chi connectivity index (χ1) is 29.8. The van der Waals surface area contributed by atoms with E-state index in [2.05, 4.69) is 211 Å². The topological polar surface area (TPSA) is 25.6 Å². The fraction of sp³-hybridized carbons (Fsp3) is 0.0175. The first-order valence-corrected chi connectivity index (χ1v) is 20.6. The van der Waals surface area contributed by atoms with Gasteiger partial charge in [0.05, 0.1) is 16.8 Å². The molecule has 1 aliphatic carbocycles. The van der Waals surface area contributed by atoms with Crippen molar-refractivity contribution >= 4 is 60.5 Å². The zero-order valence-corrected chi connectivity index (χ0v) is 32.5. The third-order valence-corrected chi connectivity index (χ3v) is 12.9. The average Bonchev–Trinajstić information content (AvgIpc) is 3.83. The van der Waals surface area contributed by atoms with Crippen LogP contribution in [0.5, 0.6) is 11.5 Å². The van der Waals surface area contributed by atoms with Gasteiger partial charge in [0.2, 0.25) is 0 Å². The second-order valence-corrected chi connectivity index (χ2v) is 15.9. The summed E-state index contributed by atoms with van der Waals surface area (Å²) in [6.07, 6.45) is 0. The van der Waals surface area contributed by atoms with E-state index in [4.69, 9.17) is 9.15 Å². The standard InChI is InChI=1S/C57H35NO2/c1-2-16-41-37(13-1)14-11-22-50(41)58(51-23-12-15-38-29-34-45-44-18-4-8-24-52(44)60-56(45)55(38)51)40-31-27-36(28-32-40)39-30-33-43-42-17-3-5-19-46(42)57(49(43)35-39)47-20-6-9-25-53(47)59-54-26-10-7-21-48(54)57/h1-35H. The molecular formula is C57H35NO2. The van der Waals surface area contributed by atoms with E-state index in [9.17, 15) is 0 Å². The van der Waals surface area contributed by atoms with Crippen LogP contribution < -0.4 is 9.64 Å². The molecule has 3 nitrogen and oxygen atoms in total. The highest BCUT2D eigenvalue weighted by Crippen LogP contribution is 2.62. The second kappa shape index (κ2) is 12.6. The van der Waals surface area contributed by atoms with Crippen molar-refractivity contribution in [1.29, 1.82) is 0 Å². The van der Waals surface area contributed by atoms with Crippen LogP contribution in [0.2, 0.25) is 0 Å². The number of nitrogens with zero attached hydrogens (tertiary/aromatic N) is 1. The van der Waals surface area contributed by atoms with Gasteiger partial charge < -0.3 is 14.1 Å². The fourth-order valence-corrected chi connectivity index (χ4v) is 10.4. The minimum atomic E-state index is -0.519. The van der Waals surface area contributed by atoms with Crippen molar-refractivity contribution < 1.29 is 9.15 Å². The first-order valence-electron chi connectivity index (χ1n) is 20.6. The molecule has 2 aliphatic rings. The summed E-state index contributed by atoms with van der Waals surface area (Å²) in [5.41, 5.74) is 14.2. The highest BCUT2D eigenvalue weighted by Gasteiger charge is 2.51. The Bertz CT molecular complexity index is 3490. The molecule has 1 aliphatic heterocycles. The van der Waals surface area contributed by atoms with E-state index >= 15 is 0 Å². The third-order valence-electron chi connectivity index (χ3n) is 12.9. The number of hydrogen-bond acceptors (Lipinski definition) is 3. The van der Waals surface area contributed by atoms with Crippen molar-refractivity contribution in [3.8, 4) is 33.8 Å². The van der Waals surface area contributed by atoms with Gasteiger partial charge in [0.25, 0.3) is 0 Å². The van der Waals surface area contributed by atoms with Crippen LogP contribution in [0.15, 0.2) is 217 Å². The number of fused-ring (bicyclic) bond motifs is 15. The molecule has 0 fully saturated rings. The summed E-state index contributed by atoms with van der Waals surface area (Å²) >= 11 is 0. The van der Waals surface area contributed by atoms with E-state index in [1.807, 2.05) is 6.07 Å². The minimum Gasteiger partial charge on any atom is -0.457 e. The van der Waals surface area contributed by atoms with Crippen molar-refractivity contribution in [2.24, 2.45) is 0 Å². The number of rotatable bonds is 4. The van der Waals surface area contributed by atoms with Crippen LogP contribution in [0.25, 0.3) is 65.7 Å². The van der Waals surface area contributed by atoms with Crippen LogP contribution in [0, 0.1) is 0 Å². The molecule has 1 aromatic heterocycles. The first kappa shape index (κ1) is 33.1. The summed E-state index contributed by atoms with van der Waals surface area (Å²) in [6, 6.07) is 76.7. The predicted molar refractivity (Wildman–Crippen MR) is 246 cm³/mol. The number of hydrogen-bond donors (Lipinski definition) is 0. The maximum atomic E-state index is 6.71. The van der Waals surface area contributed by atoms with Gasteiger partial charge in [0, 0.05) is 38.4 Å². The van der Waals surface area contributed by atoms with Gasteiger partial charge >= 0.3 is 0 Å². The van der Waals surface area contributed by atoms with Gasteiger partial charge in [-0.2, -0.15) is 0 Å². The van der Waals surface area contributed by atoms with Crippen LogP contribution in [0.1, 0.15) is 22.3 Å². The van der Waals surface area contributed by atoms with Gasteiger partial charge in [-0.3, -0.25) is 0 Å². The molecule has 10 aromatic carbocycles. The van der Waals surface area contributed by atoms with Gasteiger partial charge in [0.1, 0.15) is 22.7 Å². The van der Waals surface area contributed by atoms with E-state index in [0.29, 0.717) is 0 Å². The fourth-order valence-electron chi connectivity index (χ4n) is 10.4. The molecule has 0 bridgehead atoms. The van der Waals surface area contributed by atoms with Crippen LogP contribution in [0.3, 0.4) is 0 Å². The average molecular weight is 766 g/mol. The highest BCUT2D eigenvalue weighted by atomic mass is 16.5. The molecule has 280 valence electrons. The maximum Gasteiger partial charge on any atom is 0.145 e. The molecule has 0 unspecified atom stereocenters. The third kappa shape index (κ3) is 4.54. The van der Waals surface area contributed by atoms with E-state index < -0.39 is 5.41 Å². The molecular weight excluding hydrogens is 731 g/mol. The molecule has 0 atom stereocenters. The number of anilines is 3. The van der Waals surface area contributed by atoms with E-state index in [1.165, 1.54) is 49.7 Å². The summed E-state index contributed by atoms with van der Waals surface area (Å²) in [6.45, 7) is 0. The van der Waals surface area contributed by atoms with Gasteiger partial charge in [-0.25, -0.2) is 0 Å². The lowest BCUT2D eigenvalue weighted by molar-refractivity contribution is 0.436. The Morgan fingerprint density at radius 3 is 1.82 bits per heavy atom. The molecule has 11 aromatic rings. The molecule has 0 N–H and O–H groups in total. The van der Waals surface area contributed by atoms with Gasteiger partial charge in [-0.1, -0.05) is 158 Å². The van der Waals surface area contributed by atoms with Gasteiger partial charge in [0.15, 0.2) is 0 Å². The number of ether oxygens (including phenoxy) is 1. The number of furan rings is 1. The van der Waals surface area contributed by atoms with E-state index in [-0.39, 0.29) is 0 Å². The normalized spacial score (nSPS) is 13.3. The monoisotopic (exact) mass is 765 g/mol. The number of benzene rings is 10. The molecule has 13 rings (SSSR count). The van der Waals surface area contributed by atoms with Gasteiger partial charge in [-0.05, 0) is 98.8 Å². The molecule has 0 saturated heterocycles. The Morgan fingerprint density at radius 2 is 1.00 bits per heavy atom. The Kier molecular flexibility index (Phi) is 6.93. The smallest absolute Gasteiger partial charge is 0.145 e. The van der Waals surface area contributed by atoms with Gasteiger partial charge in [-0.15, -0.1) is 0 Å². The summed E-state index contributed by atoms with van der Waals surface area (Å²) < 4.78 is 13.3. The van der Waals surface area contributed by atoms with E-state index in [0.717, 1.165) is 66.8 Å². The van der Waals surface area contributed by atoms with Crippen LogP contribution >= 0.6 is 0 Å². The summed E-state index contributed by atoms with van der Waals surface area (Å²) in [4.78, 5) is 2.41. The highest BCUT2D eigenvalue weighted by molar-refractivity contribution is 6.20. The summed E-state index contributed by atoms with van der Waals surface area (Å²) in [7, 11) is 0. The number of para-hydroxylation sites is 3. The molecule has 0 saturated carbocycles. The van der Waals surface area contributed by atoms with Crippen LogP contribution in [0.4, 0.5) is 17.1 Å². The zero-order valence-electron chi connectivity index (χ0n) is 32.5. The molecule has 0 radical (unpaired) electrons. The molecule has 0 amide bonds. The van der Waals surface area contributed by atoms with Crippen molar-refractivity contribution in [1.82, 2.24) is 0 Å². The Labute approximate surface area is 347 Å². The lowest BCUT2D eigenvalue weighted by Crippen LogP contribution is -2.32. The Morgan fingerprint density at radius 1 is 0.383 bits per heavy atom. The lowest BCUT2D eigenvalue weighted by atomic mass is 9.66. The van der Waals surface area contributed by atoms with E-state index in [1.54, 1.807) is 0 Å². The molecule has 3 heteroatoms. The largest absolute Gasteiger partial charge is 0.457 e. The zero-order chi connectivity index (χ0) is 39.4. The van der Waals surface area contributed by atoms with Crippen molar-refractivity contribution in [2.45, 2.75) is 5.41 Å². The predicted octanol–water partition coefficient (Wildman–Crippen LogP) is 15.5. The van der Waals surface area contributed by atoms with Crippen molar-refractivity contribution in [3.63, 3.8) is 0 Å². The molecule has 60 heavy (non-hydrogen) atoms. The van der Waals surface area contributed by atoms with Crippen molar-refractivity contribution in [3.05, 3.63) is 235 Å². The maximum absolute atomic E-state index is 6.71. The Balaban J connectivity index is 1.01. The van der Waals surface area contributed by atoms with Crippen molar-refractivity contribution in [2.75, 3.05) is 4.90 Å². The summed E-state index contributed by atoms with van der Waals surface area (Å²) in [5, 5.41) is 6.82.